The zero-order chi connectivity index (χ0) is 19.3. The van der Waals surface area contributed by atoms with Crippen LogP contribution in [0.1, 0.15) is 47.2 Å². The molecule has 0 saturated heterocycles. The molecule has 1 heterocycles. The number of halogens is 1. The second kappa shape index (κ2) is 6.70. The predicted octanol–water partition coefficient (Wildman–Crippen LogP) is 4.92. The quantitative estimate of drug-likeness (QED) is 0.798. The van der Waals surface area contributed by atoms with Crippen molar-refractivity contribution in [3.8, 4) is 5.75 Å². The minimum absolute atomic E-state index is 0.0773. The van der Waals surface area contributed by atoms with Crippen LogP contribution in [-0.2, 0) is 11.8 Å². The number of rotatable bonds is 3. The minimum atomic E-state index is -0.897. The third-order valence-electron chi connectivity index (χ3n) is 6.76. The zero-order valence-corrected chi connectivity index (χ0v) is 16.5. The van der Waals surface area contributed by atoms with Crippen molar-refractivity contribution >= 4 is 23.3 Å². The van der Waals surface area contributed by atoms with Crippen molar-refractivity contribution in [2.24, 2.45) is 5.92 Å². The molecule has 0 aromatic heterocycles. The standard InChI is InChI=1S/C23H24ClNO3/c24-18-5-6-19-16(10-18)8-9-23(19)13-25(12-15-2-1-3-15)20-11-17(22(26)27)4-7-21(20)28-14-23/h4-7,10-11,15H,1-3,8-9,12-14H2,(H,26,27). The Morgan fingerprint density at radius 2 is 2.11 bits per heavy atom. The minimum Gasteiger partial charge on any atom is -0.490 e. The Hall–Kier alpha value is -2.20. The summed E-state index contributed by atoms with van der Waals surface area (Å²) in [5, 5.41) is 10.3. The number of aryl methyl sites for hydroxylation is 1. The topological polar surface area (TPSA) is 49.8 Å². The van der Waals surface area contributed by atoms with Crippen molar-refractivity contribution in [1.29, 1.82) is 0 Å². The average molecular weight is 398 g/mol. The van der Waals surface area contributed by atoms with Gasteiger partial charge in [0.1, 0.15) is 5.75 Å². The lowest BCUT2D eigenvalue weighted by molar-refractivity contribution is 0.0697. The molecule has 2 aromatic rings. The van der Waals surface area contributed by atoms with E-state index in [4.69, 9.17) is 16.3 Å². The normalized spacial score (nSPS) is 23.5. The summed E-state index contributed by atoms with van der Waals surface area (Å²) < 4.78 is 6.30. The Morgan fingerprint density at radius 3 is 2.86 bits per heavy atom. The molecule has 2 aliphatic carbocycles. The summed E-state index contributed by atoms with van der Waals surface area (Å²) in [6.45, 7) is 2.43. The summed E-state index contributed by atoms with van der Waals surface area (Å²) in [6.07, 6.45) is 5.84. The van der Waals surface area contributed by atoms with Gasteiger partial charge < -0.3 is 14.7 Å². The van der Waals surface area contributed by atoms with Gasteiger partial charge in [0.15, 0.2) is 0 Å². The van der Waals surface area contributed by atoms with Crippen LogP contribution in [0.3, 0.4) is 0 Å². The van der Waals surface area contributed by atoms with E-state index >= 15 is 0 Å². The first-order chi connectivity index (χ1) is 13.5. The molecule has 1 N–H and O–H groups in total. The summed E-state index contributed by atoms with van der Waals surface area (Å²) in [7, 11) is 0. The molecule has 146 valence electrons. The molecule has 28 heavy (non-hydrogen) atoms. The van der Waals surface area contributed by atoms with E-state index in [1.807, 2.05) is 12.1 Å². The van der Waals surface area contributed by atoms with Gasteiger partial charge in [0.25, 0.3) is 0 Å². The largest absolute Gasteiger partial charge is 0.490 e. The van der Waals surface area contributed by atoms with Crippen LogP contribution in [0.5, 0.6) is 5.75 Å². The van der Waals surface area contributed by atoms with Crippen LogP contribution in [0.15, 0.2) is 36.4 Å². The van der Waals surface area contributed by atoms with E-state index in [-0.39, 0.29) is 5.41 Å². The van der Waals surface area contributed by atoms with Crippen LogP contribution in [-0.4, -0.2) is 30.8 Å². The van der Waals surface area contributed by atoms with E-state index in [1.54, 1.807) is 12.1 Å². The van der Waals surface area contributed by atoms with Crippen molar-refractivity contribution in [1.82, 2.24) is 0 Å². The van der Waals surface area contributed by atoms with Crippen molar-refractivity contribution in [2.75, 3.05) is 24.6 Å². The fraction of sp³-hybridized carbons (Fsp3) is 0.435. The van der Waals surface area contributed by atoms with E-state index in [2.05, 4.69) is 17.0 Å². The number of fused-ring (bicyclic) bond motifs is 3. The Morgan fingerprint density at radius 1 is 1.25 bits per heavy atom. The van der Waals surface area contributed by atoms with Crippen LogP contribution in [0.4, 0.5) is 5.69 Å². The zero-order valence-electron chi connectivity index (χ0n) is 15.8. The number of nitrogens with zero attached hydrogens (tertiary/aromatic N) is 1. The molecule has 2 aromatic carbocycles. The fourth-order valence-corrected chi connectivity index (χ4v) is 5.19. The van der Waals surface area contributed by atoms with E-state index in [0.29, 0.717) is 18.1 Å². The van der Waals surface area contributed by atoms with E-state index < -0.39 is 5.97 Å². The number of carbonyl (C=O) groups is 1. The molecule has 3 aliphatic rings. The number of aromatic carboxylic acids is 1. The summed E-state index contributed by atoms with van der Waals surface area (Å²) in [5.74, 6) is 0.581. The molecule has 0 bridgehead atoms. The number of hydrogen-bond acceptors (Lipinski definition) is 3. The Kier molecular flexibility index (Phi) is 4.27. The number of carboxylic acid groups (broad SMARTS) is 1. The molecule has 0 amide bonds. The maximum Gasteiger partial charge on any atom is 0.335 e. The maximum absolute atomic E-state index is 11.5. The van der Waals surface area contributed by atoms with Crippen LogP contribution in [0.2, 0.25) is 5.02 Å². The highest BCUT2D eigenvalue weighted by Gasteiger charge is 2.43. The molecular weight excluding hydrogens is 374 g/mol. The highest BCUT2D eigenvalue weighted by molar-refractivity contribution is 6.30. The lowest BCUT2D eigenvalue weighted by atomic mass is 9.80. The van der Waals surface area contributed by atoms with Crippen LogP contribution >= 0.6 is 11.6 Å². The van der Waals surface area contributed by atoms with Crippen molar-refractivity contribution < 1.29 is 14.6 Å². The second-order valence-corrected chi connectivity index (χ2v) is 8.97. The van der Waals surface area contributed by atoms with Crippen molar-refractivity contribution in [2.45, 2.75) is 37.5 Å². The highest BCUT2D eigenvalue weighted by Crippen LogP contribution is 2.46. The molecule has 1 unspecified atom stereocenters. The van der Waals surface area contributed by atoms with Crippen molar-refractivity contribution in [3.05, 3.63) is 58.1 Å². The van der Waals surface area contributed by atoms with E-state index in [9.17, 15) is 9.90 Å². The number of carboxylic acids is 1. The van der Waals surface area contributed by atoms with Gasteiger partial charge >= 0.3 is 5.97 Å². The Bertz CT molecular complexity index is 939. The third kappa shape index (κ3) is 2.95. The van der Waals surface area contributed by atoms with Gasteiger partial charge in [-0.05, 0) is 73.1 Å². The monoisotopic (exact) mass is 397 g/mol. The van der Waals surface area contributed by atoms with E-state index in [1.165, 1.54) is 30.4 Å². The number of anilines is 1. The lowest BCUT2D eigenvalue weighted by Crippen LogP contribution is -2.44. The van der Waals surface area contributed by atoms with Gasteiger partial charge in [0.05, 0.1) is 17.9 Å². The third-order valence-corrected chi connectivity index (χ3v) is 6.99. The second-order valence-electron chi connectivity index (χ2n) is 8.54. The molecule has 0 radical (unpaired) electrons. The van der Waals surface area contributed by atoms with Crippen LogP contribution < -0.4 is 9.64 Å². The first-order valence-corrected chi connectivity index (χ1v) is 10.5. The van der Waals surface area contributed by atoms with Gasteiger partial charge in [-0.25, -0.2) is 4.79 Å². The predicted molar refractivity (Wildman–Crippen MR) is 110 cm³/mol. The molecule has 5 heteroatoms. The Balaban J connectivity index is 1.56. The Labute approximate surface area is 170 Å². The highest BCUT2D eigenvalue weighted by atomic mass is 35.5. The molecule has 5 rings (SSSR count). The van der Waals surface area contributed by atoms with E-state index in [0.717, 1.165) is 42.4 Å². The van der Waals surface area contributed by atoms with Gasteiger partial charge in [-0.3, -0.25) is 0 Å². The smallest absolute Gasteiger partial charge is 0.335 e. The molecule has 4 nitrogen and oxygen atoms in total. The van der Waals surface area contributed by atoms with Gasteiger partial charge in [-0.2, -0.15) is 0 Å². The molecule has 1 atom stereocenters. The van der Waals surface area contributed by atoms with Gasteiger partial charge in [0, 0.05) is 23.5 Å². The van der Waals surface area contributed by atoms with Crippen LogP contribution in [0.25, 0.3) is 0 Å². The fourth-order valence-electron chi connectivity index (χ4n) is 4.99. The maximum atomic E-state index is 11.5. The lowest BCUT2D eigenvalue weighted by Gasteiger charge is -2.38. The molecule has 1 spiro atoms. The first kappa shape index (κ1) is 17.9. The van der Waals surface area contributed by atoms with Gasteiger partial charge in [0.2, 0.25) is 0 Å². The van der Waals surface area contributed by atoms with Crippen molar-refractivity contribution in [3.63, 3.8) is 0 Å². The summed E-state index contributed by atoms with van der Waals surface area (Å²) in [6, 6.07) is 11.5. The molecule has 1 saturated carbocycles. The summed E-state index contributed by atoms with van der Waals surface area (Å²) >= 11 is 6.23. The van der Waals surface area contributed by atoms with Crippen LogP contribution in [0, 0.1) is 5.92 Å². The number of benzene rings is 2. The van der Waals surface area contributed by atoms with Gasteiger partial charge in [-0.15, -0.1) is 0 Å². The summed E-state index contributed by atoms with van der Waals surface area (Å²) in [5.41, 5.74) is 3.81. The molecule has 1 aliphatic heterocycles. The number of hydrogen-bond donors (Lipinski definition) is 1. The molecular formula is C23H24ClNO3. The van der Waals surface area contributed by atoms with Gasteiger partial charge in [-0.1, -0.05) is 24.1 Å². The summed E-state index contributed by atoms with van der Waals surface area (Å²) in [4.78, 5) is 13.9. The number of ether oxygens (including phenoxy) is 1. The average Bonchev–Trinajstić information content (AvgIpc) is 2.90. The first-order valence-electron chi connectivity index (χ1n) is 10.1. The SMILES string of the molecule is O=C(O)c1ccc2c(c1)N(CC1CCC1)CC1(CCc3cc(Cl)ccc31)CO2. The molecule has 1 fully saturated rings.